The summed E-state index contributed by atoms with van der Waals surface area (Å²) in [5, 5.41) is 0.916. The lowest BCUT2D eigenvalue weighted by Gasteiger charge is -2.35. The number of rotatable bonds is 2. The van der Waals surface area contributed by atoms with Gasteiger partial charge in [0.2, 0.25) is 0 Å². The van der Waals surface area contributed by atoms with Gasteiger partial charge < -0.3 is 9.64 Å². The summed E-state index contributed by atoms with van der Waals surface area (Å²) in [6.45, 7) is 5.79. The summed E-state index contributed by atoms with van der Waals surface area (Å²) in [6.07, 6.45) is 2.90. The molecule has 4 nitrogen and oxygen atoms in total. The van der Waals surface area contributed by atoms with Crippen molar-refractivity contribution >= 4 is 22.8 Å². The first-order valence-electron chi connectivity index (χ1n) is 5.00. The van der Waals surface area contributed by atoms with Crippen molar-refractivity contribution in [3.8, 4) is 0 Å². The number of carbonyl (C=O) groups excluding carboxylic acids is 1. The molecule has 2 rings (SSSR count). The molecule has 0 aliphatic carbocycles. The summed E-state index contributed by atoms with van der Waals surface area (Å²) in [4.78, 5) is 17.7. The van der Waals surface area contributed by atoms with E-state index < -0.39 is 0 Å². The summed E-state index contributed by atoms with van der Waals surface area (Å²) in [7, 11) is 0. The van der Waals surface area contributed by atoms with Crippen LogP contribution in [0.4, 0.5) is 5.13 Å². The SMILES string of the molecule is CC1CN(c2ncc(C=O)s2)CC(C)O1. The highest BCUT2D eigenvalue weighted by atomic mass is 32.1. The highest BCUT2D eigenvalue weighted by molar-refractivity contribution is 7.17. The van der Waals surface area contributed by atoms with E-state index in [0.29, 0.717) is 4.88 Å². The van der Waals surface area contributed by atoms with Crippen LogP contribution in [0, 0.1) is 0 Å². The lowest BCUT2D eigenvalue weighted by Crippen LogP contribution is -2.45. The van der Waals surface area contributed by atoms with Crippen molar-refractivity contribution < 1.29 is 9.53 Å². The van der Waals surface area contributed by atoms with Gasteiger partial charge in [-0.2, -0.15) is 0 Å². The molecule has 82 valence electrons. The first-order chi connectivity index (χ1) is 7.19. The molecule has 1 fully saturated rings. The summed E-state index contributed by atoms with van der Waals surface area (Å²) in [6, 6.07) is 0. The second-order valence-corrected chi connectivity index (χ2v) is 4.87. The summed E-state index contributed by atoms with van der Waals surface area (Å²) < 4.78 is 5.64. The van der Waals surface area contributed by atoms with Gasteiger partial charge in [0.25, 0.3) is 0 Å². The van der Waals surface area contributed by atoms with Gasteiger partial charge in [-0.1, -0.05) is 11.3 Å². The van der Waals surface area contributed by atoms with Crippen molar-refractivity contribution in [3.63, 3.8) is 0 Å². The molecule has 1 aromatic heterocycles. The number of ether oxygens (including phenoxy) is 1. The Balaban J connectivity index is 2.12. The first kappa shape index (κ1) is 10.6. The molecular formula is C10H14N2O2S. The fraction of sp³-hybridized carbons (Fsp3) is 0.600. The second kappa shape index (κ2) is 4.28. The predicted molar refractivity (Wildman–Crippen MR) is 59.7 cm³/mol. The zero-order valence-electron chi connectivity index (χ0n) is 8.84. The number of anilines is 1. The molecule has 0 amide bonds. The summed E-state index contributed by atoms with van der Waals surface area (Å²) >= 11 is 1.43. The van der Waals surface area contributed by atoms with Crippen LogP contribution in [0.15, 0.2) is 6.20 Å². The Hall–Kier alpha value is -0.940. The van der Waals surface area contributed by atoms with Gasteiger partial charge in [-0.3, -0.25) is 4.79 Å². The summed E-state index contributed by atoms with van der Waals surface area (Å²) in [5.74, 6) is 0. The minimum Gasteiger partial charge on any atom is -0.372 e. The molecule has 2 unspecified atom stereocenters. The molecule has 0 bridgehead atoms. The average Bonchev–Trinajstić information content (AvgIpc) is 2.64. The monoisotopic (exact) mass is 226 g/mol. The number of hydrogen-bond donors (Lipinski definition) is 0. The summed E-state index contributed by atoms with van der Waals surface area (Å²) in [5.41, 5.74) is 0. The van der Waals surface area contributed by atoms with Crippen LogP contribution >= 0.6 is 11.3 Å². The number of nitrogens with zero attached hydrogens (tertiary/aromatic N) is 2. The lowest BCUT2D eigenvalue weighted by atomic mass is 10.2. The molecule has 1 aliphatic rings. The van der Waals surface area contributed by atoms with Crippen molar-refractivity contribution in [2.24, 2.45) is 0 Å². The van der Waals surface area contributed by atoms with Crippen molar-refractivity contribution in [3.05, 3.63) is 11.1 Å². The van der Waals surface area contributed by atoms with Crippen LogP contribution in [-0.4, -0.2) is 36.6 Å². The zero-order valence-corrected chi connectivity index (χ0v) is 9.66. The molecule has 15 heavy (non-hydrogen) atoms. The molecular weight excluding hydrogens is 212 g/mol. The van der Waals surface area contributed by atoms with Gasteiger partial charge in [-0.05, 0) is 13.8 Å². The highest BCUT2D eigenvalue weighted by Gasteiger charge is 2.24. The maximum absolute atomic E-state index is 10.6. The van der Waals surface area contributed by atoms with Gasteiger partial charge >= 0.3 is 0 Å². The van der Waals surface area contributed by atoms with Gasteiger partial charge in [-0.15, -0.1) is 0 Å². The normalized spacial score (nSPS) is 26.7. The molecule has 0 aromatic carbocycles. The number of aromatic nitrogens is 1. The van der Waals surface area contributed by atoms with Gasteiger partial charge in [-0.25, -0.2) is 4.98 Å². The van der Waals surface area contributed by atoms with Crippen LogP contribution in [0.1, 0.15) is 23.5 Å². The molecule has 1 aromatic rings. The van der Waals surface area contributed by atoms with E-state index in [1.807, 2.05) is 0 Å². The average molecular weight is 226 g/mol. The Kier molecular flexibility index (Phi) is 3.02. The van der Waals surface area contributed by atoms with E-state index >= 15 is 0 Å². The van der Waals surface area contributed by atoms with Crippen molar-refractivity contribution in [1.82, 2.24) is 4.98 Å². The number of morpholine rings is 1. The predicted octanol–water partition coefficient (Wildman–Crippen LogP) is 1.57. The standard InChI is InChI=1S/C10H14N2O2S/c1-7-4-12(5-8(2)14-7)10-11-3-9(6-13)15-10/h3,6-8H,4-5H2,1-2H3. The van der Waals surface area contributed by atoms with Gasteiger partial charge in [0.1, 0.15) is 0 Å². The third-order valence-electron chi connectivity index (χ3n) is 2.32. The Bertz CT molecular complexity index is 343. The minimum absolute atomic E-state index is 0.220. The number of carbonyl (C=O) groups is 1. The smallest absolute Gasteiger partial charge is 0.186 e. The Labute approximate surface area is 92.9 Å². The second-order valence-electron chi connectivity index (χ2n) is 3.83. The van der Waals surface area contributed by atoms with Crippen LogP contribution < -0.4 is 4.90 Å². The van der Waals surface area contributed by atoms with Crippen LogP contribution in [-0.2, 0) is 4.74 Å². The van der Waals surface area contributed by atoms with E-state index in [2.05, 4.69) is 23.7 Å². The van der Waals surface area contributed by atoms with Gasteiger partial charge in [0.05, 0.1) is 23.3 Å². The molecule has 0 radical (unpaired) electrons. The maximum Gasteiger partial charge on any atom is 0.186 e. The van der Waals surface area contributed by atoms with Crippen LogP contribution in [0.2, 0.25) is 0 Å². The maximum atomic E-state index is 10.6. The number of aldehydes is 1. The van der Waals surface area contributed by atoms with Crippen LogP contribution in [0.5, 0.6) is 0 Å². The molecule has 0 saturated carbocycles. The Morgan fingerprint density at radius 1 is 1.53 bits per heavy atom. The van der Waals surface area contributed by atoms with E-state index in [-0.39, 0.29) is 12.2 Å². The van der Waals surface area contributed by atoms with E-state index in [1.165, 1.54) is 11.3 Å². The highest BCUT2D eigenvalue weighted by Crippen LogP contribution is 2.24. The van der Waals surface area contributed by atoms with E-state index in [4.69, 9.17) is 4.74 Å². The Morgan fingerprint density at radius 3 is 2.73 bits per heavy atom. The molecule has 5 heteroatoms. The van der Waals surface area contributed by atoms with Crippen LogP contribution in [0.25, 0.3) is 0 Å². The lowest BCUT2D eigenvalue weighted by molar-refractivity contribution is -0.00522. The van der Waals surface area contributed by atoms with Crippen molar-refractivity contribution in [2.45, 2.75) is 26.1 Å². The minimum atomic E-state index is 0.220. The molecule has 1 saturated heterocycles. The molecule has 1 aliphatic heterocycles. The topological polar surface area (TPSA) is 42.4 Å². The Morgan fingerprint density at radius 2 is 2.20 bits per heavy atom. The zero-order chi connectivity index (χ0) is 10.8. The van der Waals surface area contributed by atoms with E-state index in [1.54, 1.807) is 6.20 Å². The van der Waals surface area contributed by atoms with Gasteiger partial charge in [0.15, 0.2) is 11.4 Å². The fourth-order valence-electron chi connectivity index (χ4n) is 1.81. The number of hydrogen-bond acceptors (Lipinski definition) is 5. The number of thiazole rings is 1. The molecule has 2 atom stereocenters. The largest absolute Gasteiger partial charge is 0.372 e. The quantitative estimate of drug-likeness (QED) is 0.718. The fourth-order valence-corrected chi connectivity index (χ4v) is 2.56. The molecule has 2 heterocycles. The van der Waals surface area contributed by atoms with Gasteiger partial charge in [0, 0.05) is 13.1 Å². The van der Waals surface area contributed by atoms with Crippen LogP contribution in [0.3, 0.4) is 0 Å². The third kappa shape index (κ3) is 2.35. The molecule has 0 N–H and O–H groups in total. The van der Waals surface area contributed by atoms with E-state index in [0.717, 1.165) is 24.5 Å². The first-order valence-corrected chi connectivity index (χ1v) is 5.82. The van der Waals surface area contributed by atoms with Crippen molar-refractivity contribution in [1.29, 1.82) is 0 Å². The van der Waals surface area contributed by atoms with Crippen molar-refractivity contribution in [2.75, 3.05) is 18.0 Å². The third-order valence-corrected chi connectivity index (χ3v) is 3.30. The molecule has 0 spiro atoms. The van der Waals surface area contributed by atoms with E-state index in [9.17, 15) is 4.79 Å².